The van der Waals surface area contributed by atoms with Crippen LogP contribution < -0.4 is 21.0 Å². The normalized spacial score (nSPS) is 13.9. The van der Waals surface area contributed by atoms with Crippen molar-refractivity contribution in [3.63, 3.8) is 0 Å². The van der Waals surface area contributed by atoms with Crippen LogP contribution in [0.25, 0.3) is 11.0 Å². The van der Waals surface area contributed by atoms with Crippen molar-refractivity contribution >= 4 is 34.2 Å². The molecule has 0 radical (unpaired) electrons. The molecule has 1 aromatic carbocycles. The highest BCUT2D eigenvalue weighted by atomic mass is 16.2. The van der Waals surface area contributed by atoms with Crippen molar-refractivity contribution in [3.8, 4) is 0 Å². The lowest BCUT2D eigenvalue weighted by Gasteiger charge is -2.36. The lowest BCUT2D eigenvalue weighted by atomic mass is 10.1. The van der Waals surface area contributed by atoms with Crippen LogP contribution in [0, 0.1) is 6.92 Å². The first-order valence-electron chi connectivity index (χ1n) is 11.1. The Hall–Kier alpha value is -3.95. The Bertz CT molecular complexity index is 1370. The number of para-hydroxylation sites is 1. The number of anilines is 2. The summed E-state index contributed by atoms with van der Waals surface area (Å²) in [4.78, 5) is 61.0. The molecule has 0 unspecified atom stereocenters. The second-order valence-corrected chi connectivity index (χ2v) is 8.50. The fourth-order valence-electron chi connectivity index (χ4n) is 4.36. The van der Waals surface area contributed by atoms with Gasteiger partial charge in [-0.3, -0.25) is 23.5 Å². The number of fused-ring (bicyclic) bond motifs is 1. The van der Waals surface area contributed by atoms with Gasteiger partial charge in [0, 0.05) is 59.1 Å². The number of amides is 2. The highest BCUT2D eigenvalue weighted by molar-refractivity contribution is 5.94. The summed E-state index contributed by atoms with van der Waals surface area (Å²) in [6, 6.07) is 9.04. The van der Waals surface area contributed by atoms with E-state index in [0.29, 0.717) is 42.9 Å². The number of hydrogen-bond acceptors (Lipinski definition) is 6. The van der Waals surface area contributed by atoms with Crippen LogP contribution in [0.4, 0.5) is 11.4 Å². The maximum atomic E-state index is 13.6. The number of carbonyl (C=O) groups is 2. The lowest BCUT2D eigenvalue weighted by molar-refractivity contribution is -0.129. The number of hydrogen-bond donors (Lipinski definition) is 0. The predicted octanol–water partition coefficient (Wildman–Crippen LogP) is 0.735. The molecule has 10 heteroatoms. The number of benzene rings is 1. The van der Waals surface area contributed by atoms with Crippen molar-refractivity contribution in [1.82, 2.24) is 19.0 Å². The molecule has 0 saturated carbocycles. The Labute approximate surface area is 196 Å². The standard InChI is InChI=1S/C24H28N6O4/c1-16-14-25-22-20(21(16)29-12-10-28(11-13-29)17(2)31)23(33)30(24(34)27(22)4)15-19(32)26(3)18-8-6-5-7-9-18/h5-9,14H,10-13,15H2,1-4H3. The summed E-state index contributed by atoms with van der Waals surface area (Å²) in [6.07, 6.45) is 1.65. The molecule has 0 atom stereocenters. The zero-order chi connectivity index (χ0) is 24.6. The highest BCUT2D eigenvalue weighted by Gasteiger charge is 2.26. The molecule has 1 saturated heterocycles. The quantitative estimate of drug-likeness (QED) is 0.565. The Morgan fingerprint density at radius 1 is 1.06 bits per heavy atom. The number of pyridine rings is 1. The summed E-state index contributed by atoms with van der Waals surface area (Å²) < 4.78 is 2.28. The van der Waals surface area contributed by atoms with Crippen LogP contribution in [0.3, 0.4) is 0 Å². The minimum Gasteiger partial charge on any atom is -0.367 e. The van der Waals surface area contributed by atoms with Crippen LogP contribution in [0.15, 0.2) is 46.1 Å². The van der Waals surface area contributed by atoms with Gasteiger partial charge in [0.15, 0.2) is 5.65 Å². The van der Waals surface area contributed by atoms with Gasteiger partial charge in [0.05, 0.1) is 5.69 Å². The van der Waals surface area contributed by atoms with E-state index in [2.05, 4.69) is 4.98 Å². The molecule has 0 spiro atoms. The third-order valence-corrected chi connectivity index (χ3v) is 6.36. The van der Waals surface area contributed by atoms with Gasteiger partial charge in [-0.15, -0.1) is 0 Å². The topological polar surface area (TPSA) is 101 Å². The van der Waals surface area contributed by atoms with Crippen molar-refractivity contribution in [2.45, 2.75) is 20.4 Å². The van der Waals surface area contributed by atoms with Gasteiger partial charge in [0.1, 0.15) is 11.9 Å². The number of likely N-dealkylation sites (N-methyl/N-ethyl adjacent to an activating group) is 1. The molecule has 0 bridgehead atoms. The number of nitrogens with zero attached hydrogens (tertiary/aromatic N) is 6. The number of piperazine rings is 1. The van der Waals surface area contributed by atoms with E-state index in [1.807, 2.05) is 30.0 Å². The van der Waals surface area contributed by atoms with Gasteiger partial charge in [-0.1, -0.05) is 18.2 Å². The van der Waals surface area contributed by atoms with Crippen LogP contribution in [-0.2, 0) is 23.2 Å². The van der Waals surface area contributed by atoms with Crippen molar-refractivity contribution in [2.75, 3.05) is 43.0 Å². The molecule has 2 aromatic heterocycles. The van der Waals surface area contributed by atoms with E-state index in [1.54, 1.807) is 44.2 Å². The van der Waals surface area contributed by atoms with Gasteiger partial charge >= 0.3 is 5.69 Å². The van der Waals surface area contributed by atoms with Crippen molar-refractivity contribution < 1.29 is 9.59 Å². The van der Waals surface area contributed by atoms with Crippen LogP contribution in [0.1, 0.15) is 12.5 Å². The molecule has 34 heavy (non-hydrogen) atoms. The van der Waals surface area contributed by atoms with Gasteiger partial charge in [-0.2, -0.15) is 0 Å². The zero-order valence-electron chi connectivity index (χ0n) is 19.8. The molecule has 10 nitrogen and oxygen atoms in total. The second-order valence-electron chi connectivity index (χ2n) is 8.50. The van der Waals surface area contributed by atoms with Crippen molar-refractivity contribution in [1.29, 1.82) is 0 Å². The first kappa shape index (κ1) is 23.2. The largest absolute Gasteiger partial charge is 0.367 e. The molecule has 2 amide bonds. The number of carbonyl (C=O) groups excluding carboxylic acids is 2. The molecule has 4 rings (SSSR count). The first-order chi connectivity index (χ1) is 16.2. The third-order valence-electron chi connectivity index (χ3n) is 6.36. The van der Waals surface area contributed by atoms with E-state index in [0.717, 1.165) is 10.1 Å². The Morgan fingerprint density at radius 2 is 1.71 bits per heavy atom. The monoisotopic (exact) mass is 464 g/mol. The number of aromatic nitrogens is 3. The molecular weight excluding hydrogens is 436 g/mol. The lowest BCUT2D eigenvalue weighted by Crippen LogP contribution is -2.49. The molecule has 1 fully saturated rings. The summed E-state index contributed by atoms with van der Waals surface area (Å²) in [7, 11) is 3.16. The summed E-state index contributed by atoms with van der Waals surface area (Å²) >= 11 is 0. The average molecular weight is 465 g/mol. The number of rotatable bonds is 4. The van der Waals surface area contributed by atoms with E-state index in [1.165, 1.54) is 9.47 Å². The van der Waals surface area contributed by atoms with Crippen molar-refractivity contribution in [2.24, 2.45) is 7.05 Å². The first-order valence-corrected chi connectivity index (χ1v) is 11.1. The Kier molecular flexibility index (Phi) is 6.23. The maximum Gasteiger partial charge on any atom is 0.332 e. The SMILES string of the molecule is CC(=O)N1CCN(c2c(C)cnc3c2c(=O)n(CC(=O)N(C)c2ccccc2)c(=O)n3C)CC1. The number of aryl methyl sites for hydroxylation is 2. The molecular formula is C24H28N6O4. The van der Waals surface area contributed by atoms with Gasteiger partial charge < -0.3 is 14.7 Å². The van der Waals surface area contributed by atoms with Gasteiger partial charge in [0.2, 0.25) is 11.8 Å². The van der Waals surface area contributed by atoms with E-state index >= 15 is 0 Å². The molecule has 0 N–H and O–H groups in total. The summed E-state index contributed by atoms with van der Waals surface area (Å²) in [5.74, 6) is -0.372. The third kappa shape index (κ3) is 4.07. The molecule has 0 aliphatic carbocycles. The minimum absolute atomic E-state index is 0.0155. The van der Waals surface area contributed by atoms with Gasteiger partial charge in [0.25, 0.3) is 5.56 Å². The molecule has 3 aromatic rings. The van der Waals surface area contributed by atoms with Crippen LogP contribution in [0.5, 0.6) is 0 Å². The van der Waals surface area contributed by atoms with E-state index < -0.39 is 17.8 Å². The Morgan fingerprint density at radius 3 is 2.32 bits per heavy atom. The van der Waals surface area contributed by atoms with E-state index in [4.69, 9.17) is 0 Å². The van der Waals surface area contributed by atoms with Crippen LogP contribution in [0.2, 0.25) is 0 Å². The smallest absolute Gasteiger partial charge is 0.332 e. The molecule has 3 heterocycles. The minimum atomic E-state index is -0.601. The molecule has 178 valence electrons. The summed E-state index contributed by atoms with van der Waals surface area (Å²) in [6.45, 7) is 5.20. The van der Waals surface area contributed by atoms with Crippen LogP contribution in [-0.4, -0.2) is 64.1 Å². The Balaban J connectivity index is 1.78. The fraction of sp³-hybridized carbons (Fsp3) is 0.375. The predicted molar refractivity (Wildman–Crippen MR) is 130 cm³/mol. The van der Waals surface area contributed by atoms with Crippen molar-refractivity contribution in [3.05, 3.63) is 62.9 Å². The fourth-order valence-corrected chi connectivity index (χ4v) is 4.36. The van der Waals surface area contributed by atoms with Gasteiger partial charge in [-0.05, 0) is 24.6 Å². The van der Waals surface area contributed by atoms with Gasteiger partial charge in [-0.25, -0.2) is 9.78 Å². The summed E-state index contributed by atoms with van der Waals surface area (Å²) in [5, 5.41) is 0.300. The second kappa shape index (κ2) is 9.12. The van der Waals surface area contributed by atoms with E-state index in [9.17, 15) is 19.2 Å². The average Bonchev–Trinajstić information content (AvgIpc) is 2.85. The summed E-state index contributed by atoms with van der Waals surface area (Å²) in [5.41, 5.74) is 1.26. The molecule has 1 aliphatic rings. The maximum absolute atomic E-state index is 13.6. The molecule has 1 aliphatic heterocycles. The highest BCUT2D eigenvalue weighted by Crippen LogP contribution is 2.27. The van der Waals surface area contributed by atoms with Crippen LogP contribution >= 0.6 is 0 Å². The van der Waals surface area contributed by atoms with E-state index in [-0.39, 0.29) is 17.5 Å². The zero-order valence-corrected chi connectivity index (χ0v) is 19.8.